The molecular formula is C13H18ClNO4S. The minimum atomic E-state index is -3.78. The Bertz CT molecular complexity index is 586. The highest BCUT2D eigenvalue weighted by molar-refractivity contribution is 8.13. The molecule has 1 rings (SSSR count). The Morgan fingerprint density at radius 1 is 1.45 bits per heavy atom. The highest BCUT2D eigenvalue weighted by Gasteiger charge is 2.17. The monoisotopic (exact) mass is 319 g/mol. The Labute approximate surface area is 123 Å². The maximum atomic E-state index is 11.4. The van der Waals surface area contributed by atoms with E-state index in [1.165, 1.54) is 25.2 Å². The quantitative estimate of drug-likeness (QED) is 0.816. The zero-order chi connectivity index (χ0) is 15.3. The maximum absolute atomic E-state index is 11.4. The van der Waals surface area contributed by atoms with E-state index in [1.54, 1.807) is 0 Å². The Kier molecular flexibility index (Phi) is 5.83. The third kappa shape index (κ3) is 4.38. The van der Waals surface area contributed by atoms with Crippen molar-refractivity contribution in [2.24, 2.45) is 0 Å². The van der Waals surface area contributed by atoms with E-state index < -0.39 is 9.05 Å². The van der Waals surface area contributed by atoms with Gasteiger partial charge in [0.2, 0.25) is 0 Å². The van der Waals surface area contributed by atoms with Crippen molar-refractivity contribution in [3.63, 3.8) is 0 Å². The molecule has 1 aromatic carbocycles. The van der Waals surface area contributed by atoms with E-state index in [2.05, 4.69) is 5.32 Å². The average Bonchev–Trinajstić information content (AvgIpc) is 2.42. The lowest BCUT2D eigenvalue weighted by molar-refractivity contribution is -0.122. The van der Waals surface area contributed by atoms with Crippen LogP contribution in [0.25, 0.3) is 0 Å². The molecule has 5 nitrogen and oxygen atoms in total. The fraction of sp³-hybridized carbons (Fsp3) is 0.462. The van der Waals surface area contributed by atoms with Crippen LogP contribution in [0.4, 0.5) is 0 Å². The van der Waals surface area contributed by atoms with Gasteiger partial charge in [-0.1, -0.05) is 13.8 Å². The van der Waals surface area contributed by atoms with Crippen LogP contribution in [0.3, 0.4) is 0 Å². The molecule has 0 aliphatic heterocycles. The summed E-state index contributed by atoms with van der Waals surface area (Å²) in [5.74, 6) is 0.328. The molecule has 0 saturated heterocycles. The summed E-state index contributed by atoms with van der Waals surface area (Å²) in [6.45, 7) is 3.81. The van der Waals surface area contributed by atoms with E-state index >= 15 is 0 Å². The number of hydrogen-bond donors (Lipinski definition) is 1. The van der Waals surface area contributed by atoms with Gasteiger partial charge in [-0.05, 0) is 36.1 Å². The molecule has 1 N–H and O–H groups in total. The molecule has 0 spiro atoms. The van der Waals surface area contributed by atoms with E-state index in [0.29, 0.717) is 5.75 Å². The first-order valence-corrected chi connectivity index (χ1v) is 8.52. The molecule has 7 heteroatoms. The van der Waals surface area contributed by atoms with Crippen molar-refractivity contribution < 1.29 is 17.9 Å². The van der Waals surface area contributed by atoms with Crippen LogP contribution >= 0.6 is 10.7 Å². The second kappa shape index (κ2) is 6.95. The van der Waals surface area contributed by atoms with E-state index in [9.17, 15) is 13.2 Å². The van der Waals surface area contributed by atoms with Crippen molar-refractivity contribution in [3.05, 3.63) is 23.8 Å². The Morgan fingerprint density at radius 3 is 2.60 bits per heavy atom. The van der Waals surface area contributed by atoms with Gasteiger partial charge in [-0.3, -0.25) is 4.79 Å². The van der Waals surface area contributed by atoms with Crippen LogP contribution in [0.5, 0.6) is 5.75 Å². The summed E-state index contributed by atoms with van der Waals surface area (Å²) in [6, 6.07) is 4.39. The van der Waals surface area contributed by atoms with Gasteiger partial charge in [0.1, 0.15) is 5.75 Å². The molecule has 0 bridgehead atoms. The summed E-state index contributed by atoms with van der Waals surface area (Å²) in [7, 11) is 3.08. The predicted molar refractivity (Wildman–Crippen MR) is 77.7 cm³/mol. The molecule has 1 amide bonds. The third-order valence-electron chi connectivity index (χ3n) is 3.04. The summed E-state index contributed by atoms with van der Waals surface area (Å²) >= 11 is 0. The first-order chi connectivity index (χ1) is 9.29. The lowest BCUT2D eigenvalue weighted by Crippen LogP contribution is -2.25. The molecule has 0 aromatic heterocycles. The van der Waals surface area contributed by atoms with Gasteiger partial charge >= 0.3 is 0 Å². The Morgan fingerprint density at radius 2 is 2.10 bits per heavy atom. The number of benzene rings is 1. The molecule has 0 radical (unpaired) electrons. The molecular weight excluding hydrogens is 302 g/mol. The number of rotatable bonds is 6. The van der Waals surface area contributed by atoms with Crippen molar-refractivity contribution in [1.82, 2.24) is 5.32 Å². The molecule has 1 aromatic rings. The van der Waals surface area contributed by atoms with Gasteiger partial charge in [0.15, 0.2) is 6.61 Å². The van der Waals surface area contributed by atoms with Crippen molar-refractivity contribution in [1.29, 1.82) is 0 Å². The lowest BCUT2D eigenvalue weighted by Gasteiger charge is -2.16. The zero-order valence-corrected chi connectivity index (χ0v) is 13.2. The van der Waals surface area contributed by atoms with E-state index in [4.69, 9.17) is 15.4 Å². The molecule has 0 saturated carbocycles. The molecule has 0 aliphatic rings. The summed E-state index contributed by atoms with van der Waals surface area (Å²) in [6.07, 6.45) is 0.808. The van der Waals surface area contributed by atoms with Gasteiger partial charge in [-0.15, -0.1) is 0 Å². The maximum Gasteiger partial charge on any atom is 0.261 e. The number of carbonyl (C=O) groups is 1. The van der Waals surface area contributed by atoms with Crippen LogP contribution in [0.15, 0.2) is 23.1 Å². The largest absolute Gasteiger partial charge is 0.483 e. The van der Waals surface area contributed by atoms with Gasteiger partial charge in [0.25, 0.3) is 15.0 Å². The lowest BCUT2D eigenvalue weighted by atomic mass is 9.98. The van der Waals surface area contributed by atoms with Gasteiger partial charge in [0, 0.05) is 17.7 Å². The summed E-state index contributed by atoms with van der Waals surface area (Å²) in [4.78, 5) is 11.2. The minimum absolute atomic E-state index is 0.0294. The predicted octanol–water partition coefficient (Wildman–Crippen LogP) is 2.25. The molecule has 112 valence electrons. The zero-order valence-electron chi connectivity index (χ0n) is 11.6. The van der Waals surface area contributed by atoms with Gasteiger partial charge < -0.3 is 10.1 Å². The number of halogens is 1. The molecule has 20 heavy (non-hydrogen) atoms. The number of carbonyl (C=O) groups excluding carboxylic acids is 1. The molecule has 0 heterocycles. The number of likely N-dealkylation sites (N-methyl/N-ethyl adjacent to an activating group) is 1. The van der Waals surface area contributed by atoms with Crippen molar-refractivity contribution in [3.8, 4) is 5.75 Å². The standard InChI is InChI=1S/C13H18ClNO4S/c1-4-9(2)11-7-10(20(14,17)18)5-6-12(11)19-8-13(16)15-3/h5-7,9H,4,8H2,1-3H3,(H,15,16). The Balaban J connectivity index is 3.14. The first-order valence-electron chi connectivity index (χ1n) is 6.21. The third-order valence-corrected chi connectivity index (χ3v) is 4.40. The number of amides is 1. The van der Waals surface area contributed by atoms with Gasteiger partial charge in [-0.2, -0.15) is 0 Å². The average molecular weight is 320 g/mol. The van der Waals surface area contributed by atoms with Crippen molar-refractivity contribution in [2.75, 3.05) is 13.7 Å². The van der Waals surface area contributed by atoms with Crippen LogP contribution in [0, 0.1) is 0 Å². The highest BCUT2D eigenvalue weighted by Crippen LogP contribution is 2.32. The summed E-state index contributed by atoms with van der Waals surface area (Å²) in [5, 5.41) is 2.45. The molecule has 1 unspecified atom stereocenters. The number of hydrogen-bond acceptors (Lipinski definition) is 4. The SMILES string of the molecule is CCC(C)c1cc(S(=O)(=O)Cl)ccc1OCC(=O)NC. The number of nitrogens with one attached hydrogen (secondary N) is 1. The van der Waals surface area contributed by atoms with Crippen LogP contribution in [-0.2, 0) is 13.8 Å². The second-order valence-electron chi connectivity index (χ2n) is 4.41. The summed E-state index contributed by atoms with van der Waals surface area (Å²) in [5.41, 5.74) is 0.720. The topological polar surface area (TPSA) is 72.5 Å². The highest BCUT2D eigenvalue weighted by atomic mass is 35.7. The summed E-state index contributed by atoms with van der Waals surface area (Å²) < 4.78 is 28.2. The normalized spacial score (nSPS) is 12.8. The fourth-order valence-corrected chi connectivity index (χ4v) is 2.42. The van der Waals surface area contributed by atoms with E-state index in [0.717, 1.165) is 12.0 Å². The fourth-order valence-electron chi connectivity index (χ4n) is 1.63. The van der Waals surface area contributed by atoms with Gasteiger partial charge in [0.05, 0.1) is 4.90 Å². The van der Waals surface area contributed by atoms with Crippen LogP contribution in [0.2, 0.25) is 0 Å². The van der Waals surface area contributed by atoms with E-state index in [1.807, 2.05) is 13.8 Å². The van der Waals surface area contributed by atoms with Crippen LogP contribution in [-0.4, -0.2) is 28.0 Å². The second-order valence-corrected chi connectivity index (χ2v) is 6.97. The van der Waals surface area contributed by atoms with Crippen molar-refractivity contribution >= 4 is 25.6 Å². The molecule has 0 aliphatic carbocycles. The Hall–Kier alpha value is -1.27. The smallest absolute Gasteiger partial charge is 0.261 e. The molecule has 1 atom stereocenters. The number of ether oxygens (including phenoxy) is 1. The minimum Gasteiger partial charge on any atom is -0.483 e. The first kappa shape index (κ1) is 16.8. The van der Waals surface area contributed by atoms with Gasteiger partial charge in [-0.25, -0.2) is 8.42 Å². The van der Waals surface area contributed by atoms with Crippen molar-refractivity contribution in [2.45, 2.75) is 31.1 Å². The molecule has 0 fully saturated rings. The van der Waals surface area contributed by atoms with Crippen LogP contribution < -0.4 is 10.1 Å². The van der Waals surface area contributed by atoms with E-state index in [-0.39, 0.29) is 23.3 Å². The van der Waals surface area contributed by atoms with Crippen LogP contribution in [0.1, 0.15) is 31.7 Å².